The number of pyridine rings is 1. The summed E-state index contributed by atoms with van der Waals surface area (Å²) in [6.45, 7) is 0. The summed E-state index contributed by atoms with van der Waals surface area (Å²) in [6, 6.07) is 20.2. The molecule has 130 valence electrons. The van der Waals surface area contributed by atoms with Gasteiger partial charge in [0.1, 0.15) is 7.05 Å². The summed E-state index contributed by atoms with van der Waals surface area (Å²) in [6.07, 6.45) is 8.27. The van der Waals surface area contributed by atoms with E-state index < -0.39 is 0 Å². The summed E-state index contributed by atoms with van der Waals surface area (Å²) >= 11 is 0. The molecule has 3 rings (SSSR count). The maximum atomic E-state index is 4.30. The van der Waals surface area contributed by atoms with Crippen LogP contribution in [0.15, 0.2) is 83.3 Å². The molecule has 0 radical (unpaired) electrons. The van der Waals surface area contributed by atoms with Crippen molar-refractivity contribution in [2.45, 2.75) is 0 Å². The third-order valence-electron chi connectivity index (χ3n) is 4.01. The van der Waals surface area contributed by atoms with E-state index in [0.29, 0.717) is 0 Å². The van der Waals surface area contributed by atoms with E-state index in [1.54, 1.807) is 0 Å². The summed E-state index contributed by atoms with van der Waals surface area (Å²) in [4.78, 5) is 2.06. The van der Waals surface area contributed by atoms with Crippen LogP contribution in [0.4, 0.5) is 17.1 Å². The second kappa shape index (κ2) is 8.21. The van der Waals surface area contributed by atoms with Crippen LogP contribution in [-0.2, 0) is 7.05 Å². The Balaban J connectivity index is 1.64. The smallest absolute Gasteiger partial charge is 0.169 e. The Morgan fingerprint density at radius 2 is 1.15 bits per heavy atom. The van der Waals surface area contributed by atoms with E-state index in [9.17, 15) is 0 Å². The predicted molar refractivity (Wildman–Crippen MR) is 108 cm³/mol. The Morgan fingerprint density at radius 1 is 0.692 bits per heavy atom. The lowest BCUT2D eigenvalue weighted by molar-refractivity contribution is -0.671. The highest BCUT2D eigenvalue weighted by molar-refractivity contribution is 5.69. The fourth-order valence-corrected chi connectivity index (χ4v) is 2.40. The molecule has 3 aromatic rings. The van der Waals surface area contributed by atoms with Gasteiger partial charge in [-0.25, -0.2) is 4.57 Å². The number of hydrogen-bond acceptors (Lipinski definition) is 3. The summed E-state index contributed by atoms with van der Waals surface area (Å²) in [5.41, 5.74) is 5.13. The molecule has 0 bridgehead atoms. The zero-order chi connectivity index (χ0) is 18.4. The highest BCUT2D eigenvalue weighted by Gasteiger charge is 1.96. The van der Waals surface area contributed by atoms with Gasteiger partial charge in [0, 0.05) is 31.9 Å². The van der Waals surface area contributed by atoms with Crippen molar-refractivity contribution in [3.63, 3.8) is 0 Å². The number of aryl methyl sites for hydroxylation is 1. The number of aromatic nitrogens is 1. The van der Waals surface area contributed by atoms with E-state index >= 15 is 0 Å². The van der Waals surface area contributed by atoms with Crippen LogP contribution >= 0.6 is 0 Å². The molecule has 0 N–H and O–H groups in total. The van der Waals surface area contributed by atoms with Gasteiger partial charge >= 0.3 is 0 Å². The molecule has 1 heterocycles. The highest BCUT2D eigenvalue weighted by Crippen LogP contribution is 2.22. The lowest BCUT2D eigenvalue weighted by atomic mass is 10.1. The van der Waals surface area contributed by atoms with E-state index in [1.807, 2.05) is 86.6 Å². The Kier molecular flexibility index (Phi) is 5.54. The molecular weight excluding hydrogens is 320 g/mol. The van der Waals surface area contributed by atoms with E-state index in [2.05, 4.69) is 39.4 Å². The molecule has 0 saturated carbocycles. The largest absolute Gasteiger partial charge is 0.378 e. The molecule has 4 heteroatoms. The first kappa shape index (κ1) is 17.5. The van der Waals surface area contributed by atoms with Crippen LogP contribution in [0.1, 0.15) is 11.1 Å². The van der Waals surface area contributed by atoms with Crippen LogP contribution in [0.25, 0.3) is 12.2 Å². The van der Waals surface area contributed by atoms with Crippen molar-refractivity contribution in [2.75, 3.05) is 19.0 Å². The number of nitrogens with zero attached hydrogens (tertiary/aromatic N) is 4. The Hall–Kier alpha value is -3.27. The Morgan fingerprint density at radius 3 is 1.65 bits per heavy atom. The molecule has 0 atom stereocenters. The van der Waals surface area contributed by atoms with E-state index in [4.69, 9.17) is 0 Å². The van der Waals surface area contributed by atoms with Crippen molar-refractivity contribution in [1.82, 2.24) is 0 Å². The first-order valence-electron chi connectivity index (χ1n) is 8.53. The molecule has 2 aromatic carbocycles. The Bertz CT molecular complexity index is 890. The molecule has 1 aromatic heterocycles. The minimum atomic E-state index is 0.838. The zero-order valence-electron chi connectivity index (χ0n) is 15.4. The zero-order valence-corrected chi connectivity index (χ0v) is 15.4. The van der Waals surface area contributed by atoms with Crippen molar-refractivity contribution in [3.05, 3.63) is 84.2 Å². The molecule has 0 saturated heterocycles. The molecule has 26 heavy (non-hydrogen) atoms. The maximum absolute atomic E-state index is 4.30. The Labute approximate surface area is 154 Å². The third kappa shape index (κ3) is 4.86. The summed E-state index contributed by atoms with van der Waals surface area (Å²) in [5.74, 6) is 0. The van der Waals surface area contributed by atoms with Gasteiger partial charge < -0.3 is 4.90 Å². The first-order valence-corrected chi connectivity index (χ1v) is 8.53. The van der Waals surface area contributed by atoms with Crippen molar-refractivity contribution in [1.29, 1.82) is 0 Å². The fourth-order valence-electron chi connectivity index (χ4n) is 2.40. The second-order valence-corrected chi connectivity index (χ2v) is 6.33. The van der Waals surface area contributed by atoms with Crippen LogP contribution in [0.2, 0.25) is 0 Å². The first-order chi connectivity index (χ1) is 12.6. The fraction of sp³-hybridized carbons (Fsp3) is 0.136. The molecule has 0 amide bonds. The standard InChI is InChI=1S/C22H23N4/c1-25(2)22-12-10-21(11-13-22)24-23-20-8-6-18(7-9-20)4-5-19-14-16-26(3)17-15-19/h4-17H,1-3H3/q+1. The van der Waals surface area contributed by atoms with E-state index in [-0.39, 0.29) is 0 Å². The van der Waals surface area contributed by atoms with Crippen LogP contribution in [-0.4, -0.2) is 14.1 Å². The van der Waals surface area contributed by atoms with Crippen molar-refractivity contribution < 1.29 is 4.57 Å². The minimum Gasteiger partial charge on any atom is -0.378 e. The predicted octanol–water partition coefficient (Wildman–Crippen LogP) is 5.16. The number of rotatable bonds is 5. The molecule has 0 unspecified atom stereocenters. The topological polar surface area (TPSA) is 31.8 Å². The van der Waals surface area contributed by atoms with Crippen molar-refractivity contribution >= 4 is 29.2 Å². The van der Waals surface area contributed by atoms with Crippen LogP contribution in [0.5, 0.6) is 0 Å². The average Bonchev–Trinajstić information content (AvgIpc) is 2.67. The van der Waals surface area contributed by atoms with Crippen molar-refractivity contribution in [3.8, 4) is 0 Å². The monoisotopic (exact) mass is 343 g/mol. The van der Waals surface area contributed by atoms with Gasteiger partial charge in [-0.15, -0.1) is 0 Å². The highest BCUT2D eigenvalue weighted by atomic mass is 15.1. The molecule has 4 nitrogen and oxygen atoms in total. The maximum Gasteiger partial charge on any atom is 0.169 e. The molecule has 0 aliphatic carbocycles. The minimum absolute atomic E-state index is 0.838. The van der Waals surface area contributed by atoms with Crippen molar-refractivity contribution in [2.24, 2.45) is 17.3 Å². The summed E-state index contributed by atoms with van der Waals surface area (Å²) < 4.78 is 2.02. The molecule has 0 spiro atoms. The molecular formula is C22H23N4+. The summed E-state index contributed by atoms with van der Waals surface area (Å²) in [5, 5.41) is 8.60. The number of anilines is 1. The SMILES string of the molecule is CN(C)c1ccc(N=Nc2ccc(/C=C/c3cc[n+](C)cc3)cc2)cc1. The third-order valence-corrected chi connectivity index (χ3v) is 4.01. The quantitative estimate of drug-likeness (QED) is 0.465. The van der Waals surface area contributed by atoms with Crippen LogP contribution in [0, 0.1) is 0 Å². The van der Waals surface area contributed by atoms with Gasteiger partial charge in [-0.1, -0.05) is 24.3 Å². The normalized spacial score (nSPS) is 11.3. The van der Waals surface area contributed by atoms with Gasteiger partial charge in [0.15, 0.2) is 12.4 Å². The van der Waals surface area contributed by atoms with Gasteiger partial charge in [-0.2, -0.15) is 10.2 Å². The van der Waals surface area contributed by atoms with Gasteiger partial charge in [0.25, 0.3) is 0 Å². The second-order valence-electron chi connectivity index (χ2n) is 6.33. The average molecular weight is 343 g/mol. The van der Waals surface area contributed by atoms with Gasteiger partial charge in [-0.3, -0.25) is 0 Å². The van der Waals surface area contributed by atoms with Gasteiger partial charge in [0.2, 0.25) is 0 Å². The molecule has 0 aliphatic heterocycles. The van der Waals surface area contributed by atoms with Gasteiger partial charge in [0.05, 0.1) is 11.4 Å². The molecule has 0 fully saturated rings. The summed E-state index contributed by atoms with van der Waals surface area (Å²) in [7, 11) is 6.05. The van der Waals surface area contributed by atoms with E-state index in [0.717, 1.165) is 22.6 Å². The number of hydrogen-bond donors (Lipinski definition) is 0. The lowest BCUT2D eigenvalue weighted by Gasteiger charge is -2.11. The molecule has 0 aliphatic rings. The van der Waals surface area contributed by atoms with Crippen LogP contribution in [0.3, 0.4) is 0 Å². The van der Waals surface area contributed by atoms with Gasteiger partial charge in [-0.05, 0) is 47.5 Å². The van der Waals surface area contributed by atoms with E-state index in [1.165, 1.54) is 5.56 Å². The number of benzene rings is 2. The lowest BCUT2D eigenvalue weighted by Crippen LogP contribution is -2.25. The van der Waals surface area contributed by atoms with Crippen LogP contribution < -0.4 is 9.47 Å². The number of azo groups is 1.